The zero-order valence-corrected chi connectivity index (χ0v) is 10.1. The van der Waals surface area contributed by atoms with Crippen LogP contribution in [0, 0.1) is 11.3 Å². The summed E-state index contributed by atoms with van der Waals surface area (Å²) in [5.74, 6) is -1.09. The minimum Gasteiger partial charge on any atom is -0.389 e. The molecule has 0 aromatic heterocycles. The van der Waals surface area contributed by atoms with Crippen LogP contribution in [0.1, 0.15) is 37.0 Å². The normalized spacial score (nSPS) is 21.4. The summed E-state index contributed by atoms with van der Waals surface area (Å²) in [6, 6.07) is 8.58. The molecule has 1 saturated carbocycles. The van der Waals surface area contributed by atoms with Crippen LogP contribution in [-0.2, 0) is 9.53 Å². The largest absolute Gasteiger partial charge is 0.389 e. The average Bonchev–Trinajstić information content (AvgIpc) is 2.28. The third-order valence-corrected chi connectivity index (χ3v) is 3.51. The van der Waals surface area contributed by atoms with E-state index in [2.05, 4.69) is 0 Å². The fourth-order valence-electron chi connectivity index (χ4n) is 2.10. The Labute approximate surface area is 101 Å². The number of benzene rings is 1. The zero-order chi connectivity index (χ0) is 12.5. The number of rotatable bonds is 2. The fraction of sp³-hybridized carbons (Fsp3) is 0.429. The van der Waals surface area contributed by atoms with Crippen molar-refractivity contribution in [1.82, 2.24) is 0 Å². The summed E-state index contributed by atoms with van der Waals surface area (Å²) < 4.78 is 4.90. The molecule has 1 aliphatic rings. The van der Waals surface area contributed by atoms with Gasteiger partial charge in [-0.2, -0.15) is 0 Å². The highest BCUT2D eigenvalue weighted by Gasteiger charge is 2.44. The SMILES string of the molecule is CC1(C)CCC1C(=O)OC(=O)c1ccccc1. The Bertz CT molecular complexity index is 434. The lowest BCUT2D eigenvalue weighted by Gasteiger charge is -2.42. The van der Waals surface area contributed by atoms with Gasteiger partial charge in [-0.15, -0.1) is 0 Å². The van der Waals surface area contributed by atoms with Gasteiger partial charge in [-0.25, -0.2) is 4.79 Å². The Morgan fingerprint density at radius 1 is 1.24 bits per heavy atom. The highest BCUT2D eigenvalue weighted by molar-refractivity contribution is 5.97. The molecular weight excluding hydrogens is 216 g/mol. The van der Waals surface area contributed by atoms with E-state index >= 15 is 0 Å². The van der Waals surface area contributed by atoms with Gasteiger partial charge in [0.2, 0.25) is 0 Å². The first-order chi connectivity index (χ1) is 8.00. The Morgan fingerprint density at radius 3 is 2.35 bits per heavy atom. The van der Waals surface area contributed by atoms with Crippen LogP contribution in [0.15, 0.2) is 30.3 Å². The number of hydrogen-bond donors (Lipinski definition) is 0. The monoisotopic (exact) mass is 232 g/mol. The molecule has 0 aliphatic heterocycles. The van der Waals surface area contributed by atoms with Crippen molar-refractivity contribution in [2.45, 2.75) is 26.7 Å². The van der Waals surface area contributed by atoms with Crippen molar-refractivity contribution in [2.24, 2.45) is 11.3 Å². The number of carbonyl (C=O) groups excluding carboxylic acids is 2. The van der Waals surface area contributed by atoms with Gasteiger partial charge >= 0.3 is 11.9 Å². The van der Waals surface area contributed by atoms with E-state index in [-0.39, 0.29) is 11.3 Å². The second kappa shape index (κ2) is 4.32. The summed E-state index contributed by atoms with van der Waals surface area (Å²) in [4.78, 5) is 23.4. The third kappa shape index (κ3) is 2.38. The molecule has 1 unspecified atom stereocenters. The average molecular weight is 232 g/mol. The molecule has 0 heterocycles. The van der Waals surface area contributed by atoms with E-state index in [1.807, 2.05) is 19.9 Å². The van der Waals surface area contributed by atoms with Crippen molar-refractivity contribution < 1.29 is 14.3 Å². The molecule has 0 N–H and O–H groups in total. The maximum atomic E-state index is 11.8. The lowest BCUT2D eigenvalue weighted by atomic mass is 9.62. The van der Waals surface area contributed by atoms with Crippen LogP contribution in [0.5, 0.6) is 0 Å². The van der Waals surface area contributed by atoms with Crippen molar-refractivity contribution in [3.05, 3.63) is 35.9 Å². The maximum Gasteiger partial charge on any atom is 0.345 e. The molecule has 1 aliphatic carbocycles. The highest BCUT2D eigenvalue weighted by Crippen LogP contribution is 2.46. The molecule has 1 aromatic rings. The van der Waals surface area contributed by atoms with E-state index in [0.717, 1.165) is 12.8 Å². The minimum absolute atomic E-state index is 0.0337. The van der Waals surface area contributed by atoms with E-state index in [0.29, 0.717) is 5.56 Å². The van der Waals surface area contributed by atoms with E-state index in [1.165, 1.54) is 0 Å². The Morgan fingerprint density at radius 2 is 1.88 bits per heavy atom. The van der Waals surface area contributed by atoms with Gasteiger partial charge in [0, 0.05) is 0 Å². The number of ether oxygens (including phenoxy) is 1. The Kier molecular flexibility index (Phi) is 3.01. The van der Waals surface area contributed by atoms with Crippen molar-refractivity contribution in [3.63, 3.8) is 0 Å². The predicted octanol–water partition coefficient (Wildman–Crippen LogP) is 2.81. The molecular formula is C14H16O3. The minimum atomic E-state index is -0.557. The first-order valence-corrected chi connectivity index (χ1v) is 5.82. The van der Waals surface area contributed by atoms with Gasteiger partial charge in [0.15, 0.2) is 0 Å². The summed E-state index contributed by atoms with van der Waals surface area (Å²) in [6.45, 7) is 4.05. The van der Waals surface area contributed by atoms with Gasteiger partial charge in [-0.1, -0.05) is 32.0 Å². The molecule has 0 spiro atoms. The molecule has 3 nitrogen and oxygen atoms in total. The quantitative estimate of drug-likeness (QED) is 0.581. The van der Waals surface area contributed by atoms with Crippen LogP contribution >= 0.6 is 0 Å². The van der Waals surface area contributed by atoms with E-state index in [4.69, 9.17) is 4.74 Å². The van der Waals surface area contributed by atoms with Crippen molar-refractivity contribution in [1.29, 1.82) is 0 Å². The van der Waals surface area contributed by atoms with Crippen LogP contribution in [0.4, 0.5) is 0 Å². The molecule has 3 heteroatoms. The van der Waals surface area contributed by atoms with Gasteiger partial charge < -0.3 is 4.74 Å². The smallest absolute Gasteiger partial charge is 0.345 e. The highest BCUT2D eigenvalue weighted by atomic mass is 16.6. The molecule has 2 rings (SSSR count). The first kappa shape index (κ1) is 11.8. The molecule has 1 atom stereocenters. The third-order valence-electron chi connectivity index (χ3n) is 3.51. The summed E-state index contributed by atoms with van der Waals surface area (Å²) in [5, 5.41) is 0. The first-order valence-electron chi connectivity index (χ1n) is 5.82. The molecule has 17 heavy (non-hydrogen) atoms. The van der Waals surface area contributed by atoms with Crippen LogP contribution < -0.4 is 0 Å². The Balaban J connectivity index is 1.98. The molecule has 0 saturated heterocycles. The van der Waals surface area contributed by atoms with Crippen molar-refractivity contribution in [3.8, 4) is 0 Å². The van der Waals surface area contributed by atoms with Gasteiger partial charge in [-0.3, -0.25) is 4.79 Å². The van der Waals surface area contributed by atoms with Gasteiger partial charge in [0.05, 0.1) is 11.5 Å². The van der Waals surface area contributed by atoms with Gasteiger partial charge in [-0.05, 0) is 30.4 Å². The van der Waals surface area contributed by atoms with E-state index in [9.17, 15) is 9.59 Å². The zero-order valence-electron chi connectivity index (χ0n) is 10.1. The second-order valence-corrected chi connectivity index (χ2v) is 5.15. The van der Waals surface area contributed by atoms with Gasteiger partial charge in [0.1, 0.15) is 0 Å². The number of carbonyl (C=O) groups is 2. The Hall–Kier alpha value is -1.64. The topological polar surface area (TPSA) is 43.4 Å². The van der Waals surface area contributed by atoms with Crippen LogP contribution in [0.3, 0.4) is 0 Å². The van der Waals surface area contributed by atoms with Crippen LogP contribution in [0.2, 0.25) is 0 Å². The molecule has 0 amide bonds. The van der Waals surface area contributed by atoms with Crippen LogP contribution in [-0.4, -0.2) is 11.9 Å². The van der Waals surface area contributed by atoms with Crippen LogP contribution in [0.25, 0.3) is 0 Å². The molecule has 0 radical (unpaired) electrons. The summed E-state index contributed by atoms with van der Waals surface area (Å²) in [7, 11) is 0. The molecule has 0 bridgehead atoms. The summed E-state index contributed by atoms with van der Waals surface area (Å²) in [6.07, 6.45) is 1.82. The van der Waals surface area contributed by atoms with E-state index < -0.39 is 11.9 Å². The number of hydrogen-bond acceptors (Lipinski definition) is 3. The number of esters is 2. The molecule has 90 valence electrons. The van der Waals surface area contributed by atoms with Crippen molar-refractivity contribution >= 4 is 11.9 Å². The van der Waals surface area contributed by atoms with Crippen molar-refractivity contribution in [2.75, 3.05) is 0 Å². The molecule has 1 fully saturated rings. The predicted molar refractivity (Wildman–Crippen MR) is 63.4 cm³/mol. The standard InChI is InChI=1S/C14H16O3/c1-14(2)9-8-11(14)13(16)17-12(15)10-6-4-3-5-7-10/h3-7,11H,8-9H2,1-2H3. The molecule has 1 aromatic carbocycles. The summed E-state index contributed by atoms with van der Waals surface area (Å²) in [5.41, 5.74) is 0.381. The van der Waals surface area contributed by atoms with Gasteiger partial charge in [0.25, 0.3) is 0 Å². The lowest BCUT2D eigenvalue weighted by Crippen LogP contribution is -2.41. The lowest BCUT2D eigenvalue weighted by molar-refractivity contribution is -0.152. The summed E-state index contributed by atoms with van der Waals surface area (Å²) >= 11 is 0. The maximum absolute atomic E-state index is 11.8. The fourth-order valence-corrected chi connectivity index (χ4v) is 2.10. The second-order valence-electron chi connectivity index (χ2n) is 5.15. The van der Waals surface area contributed by atoms with E-state index in [1.54, 1.807) is 24.3 Å².